The molecule has 0 bridgehead atoms. The van der Waals surface area contributed by atoms with Crippen LogP contribution in [-0.4, -0.2) is 55.2 Å². The van der Waals surface area contributed by atoms with Crippen molar-refractivity contribution in [1.82, 2.24) is 9.88 Å². The number of hydrogen-bond donors (Lipinski definition) is 0. The van der Waals surface area contributed by atoms with Crippen LogP contribution in [0.5, 0.6) is 0 Å². The Morgan fingerprint density at radius 3 is 2.57 bits per heavy atom. The summed E-state index contributed by atoms with van der Waals surface area (Å²) in [5, 5.41) is 0.283. The first-order chi connectivity index (χ1) is 14.5. The van der Waals surface area contributed by atoms with Crippen LogP contribution in [0.1, 0.15) is 16.8 Å². The average Bonchev–Trinajstić information content (AvgIpc) is 3.16. The molecule has 158 valence electrons. The normalized spacial score (nSPS) is 14.9. The zero-order chi connectivity index (χ0) is 21.1. The van der Waals surface area contributed by atoms with Gasteiger partial charge in [-0.25, -0.2) is 18.2 Å². The number of fused-ring (bicyclic) bond motifs is 1. The van der Waals surface area contributed by atoms with Crippen LogP contribution in [0.4, 0.5) is 18.3 Å². The lowest BCUT2D eigenvalue weighted by atomic mass is 10.2. The van der Waals surface area contributed by atoms with Gasteiger partial charge in [0.05, 0.1) is 17.9 Å². The van der Waals surface area contributed by atoms with Crippen LogP contribution in [0.25, 0.3) is 10.2 Å². The maximum atomic E-state index is 14.1. The van der Waals surface area contributed by atoms with Gasteiger partial charge < -0.3 is 4.74 Å². The van der Waals surface area contributed by atoms with E-state index in [0.29, 0.717) is 36.4 Å². The highest BCUT2D eigenvalue weighted by molar-refractivity contribution is 7.22. The molecule has 5 nitrogen and oxygen atoms in total. The second kappa shape index (κ2) is 9.11. The molecule has 0 spiro atoms. The van der Waals surface area contributed by atoms with Crippen molar-refractivity contribution < 1.29 is 22.7 Å². The smallest absolute Gasteiger partial charge is 0.260 e. The van der Waals surface area contributed by atoms with Crippen molar-refractivity contribution in [3.8, 4) is 0 Å². The van der Waals surface area contributed by atoms with Gasteiger partial charge in [0.1, 0.15) is 17.2 Å². The largest absolute Gasteiger partial charge is 0.379 e. The number of benzene rings is 2. The quantitative estimate of drug-likeness (QED) is 0.585. The van der Waals surface area contributed by atoms with Crippen LogP contribution in [0.2, 0.25) is 0 Å². The summed E-state index contributed by atoms with van der Waals surface area (Å²) in [5.74, 6) is -2.27. The number of carbonyl (C=O) groups is 1. The Morgan fingerprint density at radius 1 is 1.10 bits per heavy atom. The summed E-state index contributed by atoms with van der Waals surface area (Å²) >= 11 is 1.05. The monoisotopic (exact) mass is 435 g/mol. The zero-order valence-corrected chi connectivity index (χ0v) is 16.9. The molecule has 1 fully saturated rings. The third-order valence-corrected chi connectivity index (χ3v) is 5.95. The SMILES string of the molecule is O=C(c1ccc(F)cc1)N(CCCN1CCOCC1)c1nc2c(F)cc(F)cc2s1. The third-order valence-electron chi connectivity index (χ3n) is 4.93. The molecule has 1 amide bonds. The third kappa shape index (κ3) is 4.63. The standard InChI is InChI=1S/C21H20F3N3O2S/c22-15-4-2-14(3-5-15)20(28)27(7-1-6-26-8-10-29-11-9-26)21-25-19-17(24)12-16(23)13-18(19)30-21/h2-5,12-13H,1,6-11H2. The lowest BCUT2D eigenvalue weighted by Gasteiger charge is -2.27. The number of anilines is 1. The first kappa shape index (κ1) is 20.8. The Balaban J connectivity index is 1.59. The molecule has 0 N–H and O–H groups in total. The predicted molar refractivity (Wildman–Crippen MR) is 109 cm³/mol. The molecule has 0 saturated carbocycles. The van der Waals surface area contributed by atoms with E-state index in [-0.39, 0.29) is 16.6 Å². The van der Waals surface area contributed by atoms with Crippen LogP contribution >= 0.6 is 11.3 Å². The summed E-state index contributed by atoms with van der Waals surface area (Å²) in [6.45, 7) is 4.14. The number of aromatic nitrogens is 1. The molecule has 0 aliphatic carbocycles. The zero-order valence-electron chi connectivity index (χ0n) is 16.1. The fourth-order valence-electron chi connectivity index (χ4n) is 3.37. The van der Waals surface area contributed by atoms with Crippen molar-refractivity contribution in [3.05, 3.63) is 59.4 Å². The first-order valence-electron chi connectivity index (χ1n) is 9.64. The number of nitrogens with zero attached hydrogens (tertiary/aromatic N) is 3. The number of hydrogen-bond acceptors (Lipinski definition) is 5. The van der Waals surface area contributed by atoms with Gasteiger partial charge in [0.25, 0.3) is 5.91 Å². The molecule has 1 saturated heterocycles. The molecule has 1 aliphatic rings. The van der Waals surface area contributed by atoms with Crippen molar-refractivity contribution in [2.75, 3.05) is 44.3 Å². The highest BCUT2D eigenvalue weighted by Gasteiger charge is 2.23. The van der Waals surface area contributed by atoms with E-state index in [1.165, 1.54) is 35.2 Å². The number of halogens is 3. The molecule has 3 aromatic rings. The Kier molecular flexibility index (Phi) is 6.31. The van der Waals surface area contributed by atoms with Gasteiger partial charge in [-0.1, -0.05) is 11.3 Å². The minimum atomic E-state index is -0.769. The Labute approximate surface area is 175 Å². The van der Waals surface area contributed by atoms with E-state index in [9.17, 15) is 18.0 Å². The maximum absolute atomic E-state index is 14.1. The van der Waals surface area contributed by atoms with Crippen LogP contribution < -0.4 is 4.90 Å². The topological polar surface area (TPSA) is 45.7 Å². The van der Waals surface area contributed by atoms with Crippen molar-refractivity contribution >= 4 is 32.6 Å². The Morgan fingerprint density at radius 2 is 1.83 bits per heavy atom. The fraction of sp³-hybridized carbons (Fsp3) is 0.333. The second-order valence-electron chi connectivity index (χ2n) is 7.00. The van der Waals surface area contributed by atoms with Crippen molar-refractivity contribution in [2.24, 2.45) is 0 Å². The van der Waals surface area contributed by atoms with E-state index in [2.05, 4.69) is 9.88 Å². The van der Waals surface area contributed by atoms with Gasteiger partial charge in [0.2, 0.25) is 0 Å². The maximum Gasteiger partial charge on any atom is 0.260 e. The van der Waals surface area contributed by atoms with Gasteiger partial charge in [-0.15, -0.1) is 0 Å². The number of thiazole rings is 1. The summed E-state index contributed by atoms with van der Waals surface area (Å²) in [6.07, 6.45) is 0.666. The number of morpholine rings is 1. The molecular formula is C21H20F3N3O2S. The highest BCUT2D eigenvalue weighted by atomic mass is 32.1. The highest BCUT2D eigenvalue weighted by Crippen LogP contribution is 2.32. The molecule has 2 heterocycles. The van der Waals surface area contributed by atoms with Gasteiger partial charge in [0.15, 0.2) is 10.9 Å². The molecule has 1 aliphatic heterocycles. The average molecular weight is 435 g/mol. The molecular weight excluding hydrogens is 415 g/mol. The summed E-state index contributed by atoms with van der Waals surface area (Å²) in [4.78, 5) is 21.1. The van der Waals surface area contributed by atoms with Crippen LogP contribution in [0.3, 0.4) is 0 Å². The number of rotatable bonds is 6. The minimum absolute atomic E-state index is 0.0292. The number of ether oxygens (including phenoxy) is 1. The van der Waals surface area contributed by atoms with Crippen molar-refractivity contribution in [3.63, 3.8) is 0 Å². The number of carbonyl (C=O) groups excluding carboxylic acids is 1. The lowest BCUT2D eigenvalue weighted by Crippen LogP contribution is -2.39. The van der Waals surface area contributed by atoms with Gasteiger partial charge in [-0.05, 0) is 36.8 Å². The van der Waals surface area contributed by atoms with E-state index < -0.39 is 17.5 Å². The minimum Gasteiger partial charge on any atom is -0.379 e. The van der Waals surface area contributed by atoms with Gasteiger partial charge in [0, 0.05) is 37.8 Å². The van der Waals surface area contributed by atoms with Crippen LogP contribution in [0.15, 0.2) is 36.4 Å². The van der Waals surface area contributed by atoms with E-state index in [1.54, 1.807) is 0 Å². The molecule has 0 unspecified atom stereocenters. The second-order valence-corrected chi connectivity index (χ2v) is 8.01. The van der Waals surface area contributed by atoms with Gasteiger partial charge >= 0.3 is 0 Å². The predicted octanol–water partition coefficient (Wildman–Crippen LogP) is 4.08. The fourth-order valence-corrected chi connectivity index (χ4v) is 4.40. The van der Waals surface area contributed by atoms with E-state index in [1.807, 2.05) is 0 Å². The summed E-state index contributed by atoms with van der Waals surface area (Å²) in [5.41, 5.74) is 0.329. The van der Waals surface area contributed by atoms with Gasteiger partial charge in [-0.3, -0.25) is 14.6 Å². The van der Waals surface area contributed by atoms with Crippen molar-refractivity contribution in [2.45, 2.75) is 6.42 Å². The summed E-state index contributed by atoms with van der Waals surface area (Å²) in [7, 11) is 0. The van der Waals surface area contributed by atoms with E-state index in [4.69, 9.17) is 4.74 Å². The van der Waals surface area contributed by atoms with Gasteiger partial charge in [-0.2, -0.15) is 0 Å². The molecule has 1 aromatic heterocycles. The molecule has 9 heteroatoms. The molecule has 4 rings (SSSR count). The summed E-state index contributed by atoms with van der Waals surface area (Å²) in [6, 6.07) is 7.21. The lowest BCUT2D eigenvalue weighted by molar-refractivity contribution is 0.0376. The Bertz CT molecular complexity index is 1040. The molecule has 2 aromatic carbocycles. The summed E-state index contributed by atoms with van der Waals surface area (Å²) < 4.78 is 46.7. The molecule has 30 heavy (non-hydrogen) atoms. The van der Waals surface area contributed by atoms with Crippen LogP contribution in [-0.2, 0) is 4.74 Å². The number of amides is 1. The Hall–Kier alpha value is -2.49. The van der Waals surface area contributed by atoms with Crippen molar-refractivity contribution in [1.29, 1.82) is 0 Å². The van der Waals surface area contributed by atoms with Crippen LogP contribution in [0, 0.1) is 17.5 Å². The van der Waals surface area contributed by atoms with E-state index in [0.717, 1.165) is 37.0 Å². The molecule has 0 radical (unpaired) electrons. The molecule has 0 atom stereocenters. The first-order valence-corrected chi connectivity index (χ1v) is 10.5. The van der Waals surface area contributed by atoms with E-state index >= 15 is 0 Å².